The molecule has 0 unspecified atom stereocenters. The van der Waals surface area contributed by atoms with Gasteiger partial charge < -0.3 is 36.0 Å². The lowest BCUT2D eigenvalue weighted by atomic mass is 9.84. The number of aromatic nitrogens is 2. The van der Waals surface area contributed by atoms with Crippen LogP contribution in [0.25, 0.3) is 11.1 Å². The lowest BCUT2D eigenvalue weighted by Crippen LogP contribution is -2.59. The van der Waals surface area contributed by atoms with Crippen LogP contribution in [0, 0.1) is 17.8 Å². The second kappa shape index (κ2) is 19.3. The molecule has 4 aromatic rings. The molecule has 13 nitrogen and oxygen atoms in total. The van der Waals surface area contributed by atoms with Crippen LogP contribution in [0.5, 0.6) is 0 Å². The van der Waals surface area contributed by atoms with E-state index in [0.717, 1.165) is 33.6 Å². The van der Waals surface area contributed by atoms with Crippen molar-refractivity contribution < 1.29 is 29.4 Å². The van der Waals surface area contributed by atoms with Crippen LogP contribution in [0.4, 0.5) is 9.59 Å². The molecule has 1 saturated heterocycles. The van der Waals surface area contributed by atoms with Crippen LogP contribution in [0.3, 0.4) is 0 Å². The molecule has 13 heteroatoms. The summed E-state index contributed by atoms with van der Waals surface area (Å²) in [5.41, 5.74) is 3.92. The molecule has 0 spiro atoms. The largest absolute Gasteiger partial charge is 0.465 e. The summed E-state index contributed by atoms with van der Waals surface area (Å²) >= 11 is 0. The van der Waals surface area contributed by atoms with Crippen molar-refractivity contribution in [2.24, 2.45) is 10.8 Å². The van der Waals surface area contributed by atoms with Crippen LogP contribution >= 0.6 is 0 Å². The Bertz CT molecular complexity index is 2030. The number of urea groups is 1. The fourth-order valence-corrected chi connectivity index (χ4v) is 7.68. The predicted octanol–water partition coefficient (Wildman–Crippen LogP) is 5.99. The van der Waals surface area contributed by atoms with Crippen LogP contribution in [-0.2, 0) is 29.0 Å². The number of aliphatic hydroxyl groups is 1. The molecule has 59 heavy (non-hydrogen) atoms. The van der Waals surface area contributed by atoms with E-state index in [1.165, 1.54) is 0 Å². The Kier molecular flexibility index (Phi) is 14.5. The maximum absolute atomic E-state index is 14.5. The first kappa shape index (κ1) is 44.3. The molecule has 2 aromatic carbocycles. The molecule has 3 heterocycles. The van der Waals surface area contributed by atoms with E-state index >= 15 is 0 Å². The molecule has 5 amide bonds. The van der Waals surface area contributed by atoms with Crippen LogP contribution in [0.15, 0.2) is 97.3 Å². The van der Waals surface area contributed by atoms with Gasteiger partial charge in [0.25, 0.3) is 0 Å². The fourth-order valence-electron chi connectivity index (χ4n) is 7.68. The van der Waals surface area contributed by atoms with Gasteiger partial charge in [-0.05, 0) is 83.5 Å². The SMILES string of the molecule is Cc1cccc(CN2CCN([C@H](C(=O)N[C@@H](Cc3ccccc3)C[C@H](O)[C@H](Cc3ccc(-c4ccncc4)cc3)NC(=O)[C@@H](NC(=O)O)C(C)(C)C)C(C)(C)C)C2=O)n1. The number of hydrogen-bond donors (Lipinski definition) is 5. The zero-order valence-corrected chi connectivity index (χ0v) is 35.2. The fraction of sp³-hybridized carbons (Fsp3) is 0.435. The maximum atomic E-state index is 14.5. The number of carboxylic acid groups (broad SMARTS) is 1. The Balaban J connectivity index is 1.41. The number of hydrogen-bond acceptors (Lipinski definition) is 7. The van der Waals surface area contributed by atoms with Gasteiger partial charge >= 0.3 is 12.1 Å². The van der Waals surface area contributed by atoms with Crippen molar-refractivity contribution in [1.29, 1.82) is 0 Å². The number of carbonyl (C=O) groups is 4. The van der Waals surface area contributed by atoms with E-state index in [0.29, 0.717) is 26.1 Å². The number of carbonyl (C=O) groups excluding carboxylic acids is 3. The van der Waals surface area contributed by atoms with Gasteiger partial charge in [0.2, 0.25) is 11.8 Å². The molecule has 0 saturated carbocycles. The molecular formula is C46H59N7O6. The quantitative estimate of drug-likeness (QED) is 0.0917. The number of pyridine rings is 2. The number of rotatable bonds is 16. The highest BCUT2D eigenvalue weighted by atomic mass is 16.4. The second-order valence-electron chi connectivity index (χ2n) is 17.6. The van der Waals surface area contributed by atoms with Gasteiger partial charge in [0.05, 0.1) is 24.4 Å². The molecule has 0 radical (unpaired) electrons. The Hall–Kier alpha value is -5.82. The van der Waals surface area contributed by atoms with Gasteiger partial charge in [0, 0.05) is 37.2 Å². The molecule has 1 aliphatic heterocycles. The van der Waals surface area contributed by atoms with Crippen LogP contribution in [0.2, 0.25) is 0 Å². The van der Waals surface area contributed by atoms with Crippen LogP contribution < -0.4 is 16.0 Å². The monoisotopic (exact) mass is 805 g/mol. The first-order valence-corrected chi connectivity index (χ1v) is 20.2. The highest BCUT2D eigenvalue weighted by molar-refractivity contribution is 5.89. The Labute approximate surface area is 347 Å². The molecule has 0 aliphatic carbocycles. The lowest BCUT2D eigenvalue weighted by molar-refractivity contribution is -0.130. The van der Waals surface area contributed by atoms with Gasteiger partial charge in [-0.2, -0.15) is 0 Å². The first-order valence-electron chi connectivity index (χ1n) is 20.2. The molecule has 1 aliphatic rings. The summed E-state index contributed by atoms with van der Waals surface area (Å²) in [6, 6.07) is 23.2. The maximum Gasteiger partial charge on any atom is 0.405 e. The summed E-state index contributed by atoms with van der Waals surface area (Å²) in [5, 5.41) is 30.3. The summed E-state index contributed by atoms with van der Waals surface area (Å²) in [7, 11) is 0. The lowest BCUT2D eigenvalue weighted by Gasteiger charge is -2.38. The van der Waals surface area contributed by atoms with Gasteiger partial charge in [0.15, 0.2) is 0 Å². The van der Waals surface area contributed by atoms with Crippen LogP contribution in [-0.4, -0.2) is 97.3 Å². The molecule has 2 aromatic heterocycles. The van der Waals surface area contributed by atoms with Gasteiger partial charge in [-0.25, -0.2) is 9.59 Å². The predicted molar refractivity (Wildman–Crippen MR) is 227 cm³/mol. The molecule has 5 N–H and O–H groups in total. The van der Waals surface area contributed by atoms with Gasteiger partial charge in [-0.15, -0.1) is 0 Å². The van der Waals surface area contributed by atoms with Gasteiger partial charge in [-0.3, -0.25) is 19.6 Å². The smallest absolute Gasteiger partial charge is 0.405 e. The third-order valence-corrected chi connectivity index (χ3v) is 10.6. The summed E-state index contributed by atoms with van der Waals surface area (Å²) in [5.74, 6) is -0.924. The van der Waals surface area contributed by atoms with Crippen molar-refractivity contribution >= 4 is 23.9 Å². The summed E-state index contributed by atoms with van der Waals surface area (Å²) in [6.07, 6.45) is 1.55. The summed E-state index contributed by atoms with van der Waals surface area (Å²) in [4.78, 5) is 66.1. The Morgan fingerprint density at radius 1 is 0.746 bits per heavy atom. The van der Waals surface area contributed by atoms with Crippen molar-refractivity contribution in [2.45, 2.75) is 105 Å². The topological polar surface area (TPSA) is 177 Å². The van der Waals surface area contributed by atoms with Crippen molar-refractivity contribution in [3.05, 3.63) is 120 Å². The van der Waals surface area contributed by atoms with E-state index in [1.807, 2.05) is 113 Å². The van der Waals surface area contributed by atoms with Crippen molar-refractivity contribution in [1.82, 2.24) is 35.7 Å². The summed E-state index contributed by atoms with van der Waals surface area (Å²) in [6.45, 7) is 14.1. The third kappa shape index (κ3) is 12.3. The van der Waals surface area contributed by atoms with Crippen molar-refractivity contribution in [3.63, 3.8) is 0 Å². The highest BCUT2D eigenvalue weighted by Crippen LogP contribution is 2.29. The second-order valence-corrected chi connectivity index (χ2v) is 17.6. The average molecular weight is 806 g/mol. The summed E-state index contributed by atoms with van der Waals surface area (Å²) < 4.78 is 0. The molecule has 0 bridgehead atoms. The van der Waals surface area contributed by atoms with E-state index in [2.05, 4.69) is 25.9 Å². The van der Waals surface area contributed by atoms with Gasteiger partial charge in [0.1, 0.15) is 12.1 Å². The number of aryl methyl sites for hydroxylation is 1. The van der Waals surface area contributed by atoms with E-state index in [9.17, 15) is 29.4 Å². The van der Waals surface area contributed by atoms with Gasteiger partial charge in [-0.1, -0.05) is 102 Å². The minimum Gasteiger partial charge on any atom is -0.465 e. The normalized spacial score (nSPS) is 15.8. The van der Waals surface area contributed by atoms with Crippen molar-refractivity contribution in [3.8, 4) is 11.1 Å². The number of nitrogens with zero attached hydrogens (tertiary/aromatic N) is 4. The highest BCUT2D eigenvalue weighted by Gasteiger charge is 2.44. The molecule has 1 fully saturated rings. The molecule has 5 atom stereocenters. The van der Waals surface area contributed by atoms with E-state index in [-0.39, 0.29) is 24.8 Å². The zero-order chi connectivity index (χ0) is 42.9. The average Bonchev–Trinajstić information content (AvgIpc) is 3.51. The number of nitrogens with one attached hydrogen (secondary N) is 3. The third-order valence-electron chi connectivity index (χ3n) is 10.6. The van der Waals surface area contributed by atoms with E-state index in [4.69, 9.17) is 0 Å². The number of benzene rings is 2. The minimum absolute atomic E-state index is 0.0448. The number of aliphatic hydroxyl groups excluding tert-OH is 1. The molecule has 5 rings (SSSR count). The zero-order valence-electron chi connectivity index (χ0n) is 35.2. The van der Waals surface area contributed by atoms with Crippen LogP contribution in [0.1, 0.15) is 70.5 Å². The number of amides is 5. The molecule has 314 valence electrons. The Morgan fingerprint density at radius 2 is 1.39 bits per heavy atom. The van der Waals surface area contributed by atoms with Crippen molar-refractivity contribution in [2.75, 3.05) is 13.1 Å². The Morgan fingerprint density at radius 3 is 2.00 bits per heavy atom. The van der Waals surface area contributed by atoms with E-state index in [1.54, 1.807) is 43.0 Å². The standard InChI is InChI=1S/C46H59N7O6/c1-30-12-11-15-35(48-30)29-52-24-25-53(44(52)59)40(46(5,6)7)42(56)49-36(26-31-13-9-8-10-14-31)28-38(54)37(50-41(55)39(45(2,3)4)51-43(57)58)27-32-16-18-33(19-17-32)34-20-22-47-23-21-34/h8-23,36-40,51,54H,24-29H2,1-7H3,(H,49,56)(H,50,55)(H,57,58)/t36-,37-,38-,39+,40+/m0/s1. The molecular weight excluding hydrogens is 747 g/mol. The minimum atomic E-state index is -1.34. The first-order chi connectivity index (χ1) is 27.9. The van der Waals surface area contributed by atoms with E-state index < -0.39 is 53.1 Å².